The number of aromatic nitrogens is 1. The average Bonchev–Trinajstić information content (AvgIpc) is 2.84. The first kappa shape index (κ1) is 11.9. The summed E-state index contributed by atoms with van der Waals surface area (Å²) in [4.78, 5) is 16.7. The van der Waals surface area contributed by atoms with Crippen molar-refractivity contribution >= 4 is 44.8 Å². The van der Waals surface area contributed by atoms with Gasteiger partial charge in [-0.05, 0) is 34.3 Å². The highest BCUT2D eigenvalue weighted by molar-refractivity contribution is 9.10. The Morgan fingerprint density at radius 3 is 3.06 bits per heavy atom. The molecule has 2 aromatic rings. The van der Waals surface area contributed by atoms with Crippen molar-refractivity contribution in [3.05, 3.63) is 32.8 Å². The van der Waals surface area contributed by atoms with Crippen LogP contribution in [0.1, 0.15) is 15.4 Å². The number of carbonyl (C=O) groups excluding carboxylic acids is 1. The van der Waals surface area contributed by atoms with E-state index in [0.29, 0.717) is 11.0 Å². The largest absolute Gasteiger partial charge is 0.440 e. The molecule has 0 unspecified atom stereocenters. The number of ketones is 1. The molecule has 2 aromatic heterocycles. The highest BCUT2D eigenvalue weighted by atomic mass is 79.9. The zero-order chi connectivity index (χ0) is 11.5. The van der Waals surface area contributed by atoms with Gasteiger partial charge in [0.05, 0.1) is 16.3 Å². The van der Waals surface area contributed by atoms with Crippen molar-refractivity contribution in [2.75, 3.05) is 5.75 Å². The average molecular weight is 318 g/mol. The summed E-state index contributed by atoms with van der Waals surface area (Å²) in [5.41, 5.74) is 0.826. The molecule has 0 saturated carbocycles. The number of rotatable bonds is 4. The Balaban J connectivity index is 1.96. The number of oxazole rings is 1. The van der Waals surface area contributed by atoms with Crippen LogP contribution in [0.4, 0.5) is 0 Å². The predicted molar refractivity (Wildman–Crippen MR) is 68.3 cm³/mol. The van der Waals surface area contributed by atoms with Gasteiger partial charge in [0.15, 0.2) is 5.78 Å². The fourth-order valence-electron chi connectivity index (χ4n) is 1.08. The van der Waals surface area contributed by atoms with Gasteiger partial charge in [-0.2, -0.15) is 0 Å². The molecule has 0 fully saturated rings. The number of thiophene rings is 1. The molecule has 0 aromatic carbocycles. The molecule has 0 spiro atoms. The summed E-state index contributed by atoms with van der Waals surface area (Å²) >= 11 is 6.09. The first-order valence-electron chi connectivity index (χ1n) is 4.48. The van der Waals surface area contributed by atoms with Gasteiger partial charge < -0.3 is 4.42 Å². The number of thioether (sulfide) groups is 1. The van der Waals surface area contributed by atoms with E-state index in [1.165, 1.54) is 23.1 Å². The van der Waals surface area contributed by atoms with Gasteiger partial charge in [0, 0.05) is 4.47 Å². The van der Waals surface area contributed by atoms with Crippen LogP contribution in [0.25, 0.3) is 0 Å². The summed E-state index contributed by atoms with van der Waals surface area (Å²) in [7, 11) is 0. The number of hydrogen-bond donors (Lipinski definition) is 0. The molecule has 0 amide bonds. The zero-order valence-electron chi connectivity index (χ0n) is 8.40. The fraction of sp³-hybridized carbons (Fsp3) is 0.200. The molecule has 3 nitrogen and oxygen atoms in total. The minimum atomic E-state index is 0.0859. The van der Waals surface area contributed by atoms with Crippen molar-refractivity contribution in [1.29, 1.82) is 0 Å². The first-order valence-corrected chi connectivity index (χ1v) is 7.14. The minimum absolute atomic E-state index is 0.0859. The number of carbonyl (C=O) groups is 1. The van der Waals surface area contributed by atoms with Crippen molar-refractivity contribution < 1.29 is 9.21 Å². The number of hydrogen-bond acceptors (Lipinski definition) is 5. The molecule has 0 aliphatic carbocycles. The monoisotopic (exact) mass is 317 g/mol. The first-order chi connectivity index (χ1) is 7.66. The second-order valence-corrected chi connectivity index (χ2v) is 5.76. The van der Waals surface area contributed by atoms with E-state index in [-0.39, 0.29) is 5.78 Å². The zero-order valence-corrected chi connectivity index (χ0v) is 11.6. The maximum Gasteiger partial charge on any atom is 0.256 e. The number of Topliss-reactive ketones (excluding diaryl/α,β-unsaturated/α-hetero) is 1. The molecule has 0 atom stereocenters. The third-order valence-corrected chi connectivity index (χ3v) is 4.51. The normalized spacial score (nSPS) is 10.6. The molecule has 2 rings (SSSR count). The van der Waals surface area contributed by atoms with Crippen molar-refractivity contribution in [2.45, 2.75) is 12.1 Å². The lowest BCUT2D eigenvalue weighted by Gasteiger charge is -1.96. The van der Waals surface area contributed by atoms with Crippen LogP contribution in [-0.2, 0) is 0 Å². The standard InChI is InChI=1S/C10H8BrNO2S2/c1-6-4-14-10(12-6)16-5-8(13)9-7(11)2-3-15-9/h2-4H,5H2,1H3. The van der Waals surface area contributed by atoms with E-state index in [0.717, 1.165) is 15.0 Å². The fourth-order valence-corrected chi connectivity index (χ4v) is 3.43. The van der Waals surface area contributed by atoms with E-state index in [4.69, 9.17) is 4.42 Å². The van der Waals surface area contributed by atoms with Gasteiger partial charge in [0.1, 0.15) is 6.26 Å². The number of halogens is 1. The third kappa shape index (κ3) is 2.75. The Morgan fingerprint density at radius 1 is 1.69 bits per heavy atom. The molecule has 84 valence electrons. The summed E-state index contributed by atoms with van der Waals surface area (Å²) in [6.07, 6.45) is 1.58. The summed E-state index contributed by atoms with van der Waals surface area (Å²) in [5, 5.41) is 2.43. The van der Waals surface area contributed by atoms with Gasteiger partial charge in [-0.25, -0.2) is 4.98 Å². The van der Waals surface area contributed by atoms with Crippen molar-refractivity contribution in [3.8, 4) is 0 Å². The van der Waals surface area contributed by atoms with Gasteiger partial charge >= 0.3 is 0 Å². The highest BCUT2D eigenvalue weighted by Crippen LogP contribution is 2.26. The second kappa shape index (κ2) is 5.16. The molecule has 0 aliphatic rings. The molecule has 0 N–H and O–H groups in total. The van der Waals surface area contributed by atoms with Crippen molar-refractivity contribution in [3.63, 3.8) is 0 Å². The van der Waals surface area contributed by atoms with Crippen LogP contribution in [0.2, 0.25) is 0 Å². The van der Waals surface area contributed by atoms with Crippen molar-refractivity contribution in [2.24, 2.45) is 0 Å². The topological polar surface area (TPSA) is 43.1 Å². The van der Waals surface area contributed by atoms with Gasteiger partial charge in [0.2, 0.25) is 0 Å². The van der Waals surface area contributed by atoms with Gasteiger partial charge in [-0.3, -0.25) is 4.79 Å². The van der Waals surface area contributed by atoms with Gasteiger partial charge in [-0.15, -0.1) is 11.3 Å². The van der Waals surface area contributed by atoms with Crippen LogP contribution in [0.5, 0.6) is 0 Å². The van der Waals surface area contributed by atoms with Crippen molar-refractivity contribution in [1.82, 2.24) is 4.98 Å². The maximum atomic E-state index is 11.8. The van der Waals surface area contributed by atoms with Crippen LogP contribution >= 0.6 is 39.0 Å². The molecular formula is C10H8BrNO2S2. The van der Waals surface area contributed by atoms with Gasteiger partial charge in [0.25, 0.3) is 5.22 Å². The molecule has 6 heteroatoms. The van der Waals surface area contributed by atoms with Crippen LogP contribution < -0.4 is 0 Å². The van der Waals surface area contributed by atoms with E-state index < -0.39 is 0 Å². The highest BCUT2D eigenvalue weighted by Gasteiger charge is 2.13. The Morgan fingerprint density at radius 2 is 2.50 bits per heavy atom. The van der Waals surface area contributed by atoms with Crippen LogP contribution in [-0.4, -0.2) is 16.5 Å². The lowest BCUT2D eigenvalue weighted by Crippen LogP contribution is -2.00. The van der Waals surface area contributed by atoms with E-state index in [9.17, 15) is 4.79 Å². The molecule has 0 aliphatic heterocycles. The number of nitrogens with zero attached hydrogens (tertiary/aromatic N) is 1. The quantitative estimate of drug-likeness (QED) is 0.635. The number of aryl methyl sites for hydroxylation is 1. The summed E-state index contributed by atoms with van der Waals surface area (Å²) in [6, 6.07) is 1.87. The van der Waals surface area contributed by atoms with E-state index in [1.807, 2.05) is 18.4 Å². The third-order valence-electron chi connectivity index (χ3n) is 1.80. The molecule has 16 heavy (non-hydrogen) atoms. The van der Waals surface area contributed by atoms with E-state index in [1.54, 1.807) is 6.26 Å². The lowest BCUT2D eigenvalue weighted by atomic mass is 10.3. The molecule has 2 heterocycles. The Hall–Kier alpha value is -0.590. The molecular weight excluding hydrogens is 310 g/mol. The molecule has 0 bridgehead atoms. The Labute approximate surface area is 109 Å². The van der Waals surface area contributed by atoms with Crippen LogP contribution in [0.3, 0.4) is 0 Å². The Kier molecular flexibility index (Phi) is 3.83. The minimum Gasteiger partial charge on any atom is -0.440 e. The van der Waals surface area contributed by atoms with Gasteiger partial charge in [-0.1, -0.05) is 11.8 Å². The Bertz CT molecular complexity index is 506. The van der Waals surface area contributed by atoms with E-state index >= 15 is 0 Å². The SMILES string of the molecule is Cc1coc(SCC(=O)c2sccc2Br)n1. The predicted octanol–water partition coefficient (Wildman–Crippen LogP) is 3.78. The second-order valence-electron chi connectivity index (χ2n) is 3.06. The van der Waals surface area contributed by atoms with Crippen LogP contribution in [0, 0.1) is 6.92 Å². The summed E-state index contributed by atoms with van der Waals surface area (Å²) < 4.78 is 6.01. The lowest BCUT2D eigenvalue weighted by molar-refractivity contribution is 0.102. The summed E-state index contributed by atoms with van der Waals surface area (Å²) in [6.45, 7) is 1.85. The smallest absolute Gasteiger partial charge is 0.256 e. The van der Waals surface area contributed by atoms with Crippen LogP contribution in [0.15, 0.2) is 31.8 Å². The van der Waals surface area contributed by atoms with E-state index in [2.05, 4.69) is 20.9 Å². The molecule has 0 saturated heterocycles. The maximum absolute atomic E-state index is 11.8. The summed E-state index contributed by atoms with van der Waals surface area (Å²) in [5.74, 6) is 0.432. The molecule has 0 radical (unpaired) electrons.